The Bertz CT molecular complexity index is 543. The average Bonchev–Trinajstić information content (AvgIpc) is 2.91. The molecule has 0 aromatic carbocycles. The second-order valence-electron chi connectivity index (χ2n) is 7.22. The summed E-state index contributed by atoms with van der Waals surface area (Å²) in [7, 11) is 1.99. The summed E-state index contributed by atoms with van der Waals surface area (Å²) >= 11 is 0. The fraction of sp³-hybridized carbons (Fsp3) is 0.765. The van der Waals surface area contributed by atoms with Crippen LogP contribution >= 0.6 is 0 Å². The SMILES string of the molecule is CCC1(C)CCN(C(=O)NC2CCCc3c2cnn3C)CC1. The van der Waals surface area contributed by atoms with E-state index in [-0.39, 0.29) is 12.1 Å². The molecule has 5 heteroatoms. The van der Waals surface area contributed by atoms with Gasteiger partial charge in [0.05, 0.1) is 12.2 Å². The molecule has 2 aliphatic rings. The van der Waals surface area contributed by atoms with Gasteiger partial charge in [-0.25, -0.2) is 4.79 Å². The lowest BCUT2D eigenvalue weighted by Gasteiger charge is -2.39. The first-order valence-corrected chi connectivity index (χ1v) is 8.58. The average molecular weight is 304 g/mol. The topological polar surface area (TPSA) is 50.2 Å². The molecule has 1 aromatic rings. The molecule has 2 amide bonds. The van der Waals surface area contributed by atoms with Crippen molar-refractivity contribution in [3.05, 3.63) is 17.5 Å². The van der Waals surface area contributed by atoms with Crippen molar-refractivity contribution in [3.8, 4) is 0 Å². The highest BCUT2D eigenvalue weighted by molar-refractivity contribution is 5.75. The summed E-state index contributed by atoms with van der Waals surface area (Å²) in [6.45, 7) is 6.35. The molecule has 22 heavy (non-hydrogen) atoms. The predicted molar refractivity (Wildman–Crippen MR) is 86.6 cm³/mol. The number of fused-ring (bicyclic) bond motifs is 1. The molecule has 1 atom stereocenters. The van der Waals surface area contributed by atoms with Gasteiger partial charge in [-0.2, -0.15) is 5.10 Å². The quantitative estimate of drug-likeness (QED) is 0.913. The lowest BCUT2D eigenvalue weighted by atomic mass is 9.78. The molecule has 0 saturated carbocycles. The number of hydrogen-bond donors (Lipinski definition) is 1. The first-order valence-electron chi connectivity index (χ1n) is 8.58. The zero-order valence-corrected chi connectivity index (χ0v) is 14.1. The van der Waals surface area contributed by atoms with Gasteiger partial charge in [0, 0.05) is 31.4 Å². The van der Waals surface area contributed by atoms with E-state index in [1.807, 2.05) is 22.8 Å². The van der Waals surface area contributed by atoms with Gasteiger partial charge >= 0.3 is 6.03 Å². The molecule has 1 aliphatic heterocycles. The largest absolute Gasteiger partial charge is 0.331 e. The highest BCUT2D eigenvalue weighted by atomic mass is 16.2. The van der Waals surface area contributed by atoms with Crippen LogP contribution in [0.25, 0.3) is 0 Å². The number of nitrogens with zero attached hydrogens (tertiary/aromatic N) is 3. The second kappa shape index (κ2) is 5.94. The number of piperidine rings is 1. The lowest BCUT2D eigenvalue weighted by Crippen LogP contribution is -2.47. The number of nitrogens with one attached hydrogen (secondary N) is 1. The molecule has 0 bridgehead atoms. The maximum Gasteiger partial charge on any atom is 0.317 e. The number of aromatic nitrogens is 2. The fourth-order valence-electron chi connectivity index (χ4n) is 3.70. The van der Waals surface area contributed by atoms with Crippen LogP contribution < -0.4 is 5.32 Å². The second-order valence-corrected chi connectivity index (χ2v) is 7.22. The van der Waals surface area contributed by atoms with Gasteiger partial charge in [0.2, 0.25) is 0 Å². The van der Waals surface area contributed by atoms with Crippen molar-refractivity contribution >= 4 is 6.03 Å². The van der Waals surface area contributed by atoms with E-state index < -0.39 is 0 Å². The maximum absolute atomic E-state index is 12.6. The maximum atomic E-state index is 12.6. The molecule has 2 heterocycles. The minimum Gasteiger partial charge on any atom is -0.331 e. The minimum absolute atomic E-state index is 0.0971. The molecule has 3 rings (SSSR count). The standard InChI is InChI=1S/C17H28N4O/c1-4-17(2)8-10-21(11-9-17)16(22)19-14-6-5-7-15-13(14)12-18-20(15)3/h12,14H,4-11H2,1-3H3,(H,19,22). The molecule has 122 valence electrons. The highest BCUT2D eigenvalue weighted by Gasteiger charge is 2.32. The molecule has 1 aromatic heterocycles. The molecule has 1 unspecified atom stereocenters. The van der Waals surface area contributed by atoms with Crippen molar-refractivity contribution in [2.75, 3.05) is 13.1 Å². The molecule has 1 fully saturated rings. The van der Waals surface area contributed by atoms with Crippen LogP contribution in [0.5, 0.6) is 0 Å². The Kier molecular flexibility index (Phi) is 4.15. The minimum atomic E-state index is 0.0971. The third-order valence-corrected chi connectivity index (χ3v) is 5.78. The van der Waals surface area contributed by atoms with Crippen LogP contribution in [0.1, 0.15) is 63.3 Å². The summed E-state index contributed by atoms with van der Waals surface area (Å²) in [5.41, 5.74) is 2.89. The molecular weight excluding hydrogens is 276 g/mol. The third kappa shape index (κ3) is 2.85. The van der Waals surface area contributed by atoms with Crippen LogP contribution in [-0.4, -0.2) is 33.8 Å². The Morgan fingerprint density at radius 2 is 2.18 bits per heavy atom. The number of carbonyl (C=O) groups is 1. The van der Waals surface area contributed by atoms with Gasteiger partial charge in [0.1, 0.15) is 0 Å². The summed E-state index contributed by atoms with van der Waals surface area (Å²) in [5.74, 6) is 0. The van der Waals surface area contributed by atoms with Crippen molar-refractivity contribution in [2.24, 2.45) is 12.5 Å². The van der Waals surface area contributed by atoms with Gasteiger partial charge < -0.3 is 10.2 Å². The van der Waals surface area contributed by atoms with Crippen LogP contribution in [0.15, 0.2) is 6.20 Å². The van der Waals surface area contributed by atoms with E-state index in [1.165, 1.54) is 17.7 Å². The molecule has 1 aliphatic carbocycles. The normalized spacial score (nSPS) is 24.0. The molecule has 0 spiro atoms. The van der Waals surface area contributed by atoms with E-state index >= 15 is 0 Å². The molecular formula is C17H28N4O. The van der Waals surface area contributed by atoms with Crippen molar-refractivity contribution < 1.29 is 4.79 Å². The summed E-state index contributed by atoms with van der Waals surface area (Å²) in [6, 6.07) is 0.226. The van der Waals surface area contributed by atoms with Crippen molar-refractivity contribution in [1.82, 2.24) is 20.0 Å². The summed E-state index contributed by atoms with van der Waals surface area (Å²) in [5, 5.41) is 7.59. The smallest absolute Gasteiger partial charge is 0.317 e. The van der Waals surface area contributed by atoms with Gasteiger partial charge in [0.25, 0.3) is 0 Å². The van der Waals surface area contributed by atoms with Crippen LogP contribution in [0.2, 0.25) is 0 Å². The van der Waals surface area contributed by atoms with Gasteiger partial charge in [-0.3, -0.25) is 4.68 Å². The van der Waals surface area contributed by atoms with Crippen LogP contribution in [0, 0.1) is 5.41 Å². The van der Waals surface area contributed by atoms with Crippen LogP contribution in [0.3, 0.4) is 0 Å². The molecule has 1 N–H and O–H groups in total. The number of rotatable bonds is 2. The first kappa shape index (κ1) is 15.4. The van der Waals surface area contributed by atoms with E-state index in [0.717, 1.165) is 45.2 Å². The Labute approximate surface area is 133 Å². The zero-order valence-electron chi connectivity index (χ0n) is 14.1. The molecule has 1 saturated heterocycles. The van der Waals surface area contributed by atoms with E-state index in [0.29, 0.717) is 5.41 Å². The van der Waals surface area contributed by atoms with E-state index in [1.54, 1.807) is 0 Å². The highest BCUT2D eigenvalue weighted by Crippen LogP contribution is 2.34. The number of likely N-dealkylation sites (tertiary alicyclic amines) is 1. The van der Waals surface area contributed by atoms with E-state index in [4.69, 9.17) is 0 Å². The van der Waals surface area contributed by atoms with Gasteiger partial charge in [-0.15, -0.1) is 0 Å². The van der Waals surface area contributed by atoms with Crippen molar-refractivity contribution in [2.45, 2.75) is 58.4 Å². The van der Waals surface area contributed by atoms with E-state index in [9.17, 15) is 4.79 Å². The fourth-order valence-corrected chi connectivity index (χ4v) is 3.70. The predicted octanol–water partition coefficient (Wildman–Crippen LogP) is 3.02. The Hall–Kier alpha value is -1.52. The Balaban J connectivity index is 1.61. The Morgan fingerprint density at radius 1 is 1.45 bits per heavy atom. The lowest BCUT2D eigenvalue weighted by molar-refractivity contribution is 0.123. The molecule has 5 nitrogen and oxygen atoms in total. The number of urea groups is 1. The van der Waals surface area contributed by atoms with Crippen molar-refractivity contribution in [3.63, 3.8) is 0 Å². The van der Waals surface area contributed by atoms with Gasteiger partial charge in [-0.1, -0.05) is 20.3 Å². The summed E-state index contributed by atoms with van der Waals surface area (Å²) in [6.07, 6.45) is 8.54. The van der Waals surface area contributed by atoms with Gasteiger partial charge in [0.15, 0.2) is 0 Å². The summed E-state index contributed by atoms with van der Waals surface area (Å²) < 4.78 is 1.95. The number of amides is 2. The first-order chi connectivity index (χ1) is 10.5. The van der Waals surface area contributed by atoms with Crippen LogP contribution in [-0.2, 0) is 13.5 Å². The number of hydrogen-bond acceptors (Lipinski definition) is 2. The van der Waals surface area contributed by atoms with Crippen molar-refractivity contribution in [1.29, 1.82) is 0 Å². The monoisotopic (exact) mass is 304 g/mol. The Morgan fingerprint density at radius 3 is 2.86 bits per heavy atom. The van der Waals surface area contributed by atoms with Gasteiger partial charge in [-0.05, 0) is 37.5 Å². The molecule has 0 radical (unpaired) electrons. The number of aryl methyl sites for hydroxylation is 1. The summed E-state index contributed by atoms with van der Waals surface area (Å²) in [4.78, 5) is 14.6. The zero-order chi connectivity index (χ0) is 15.7. The third-order valence-electron chi connectivity index (χ3n) is 5.78. The van der Waals surface area contributed by atoms with Crippen LogP contribution in [0.4, 0.5) is 4.79 Å². The number of carbonyl (C=O) groups excluding carboxylic acids is 1. The van der Waals surface area contributed by atoms with E-state index in [2.05, 4.69) is 24.3 Å².